The molecule has 0 amide bonds. The third kappa shape index (κ3) is 5.51. The summed E-state index contributed by atoms with van der Waals surface area (Å²) in [5.41, 5.74) is 10.1. The SMILES string of the molecule is CCc1csc(C=Cc2ccc(C=C(c3ccc(C)cc3)c3ccc(C)cc3)cc2)c1. The second kappa shape index (κ2) is 9.76. The first kappa shape index (κ1) is 21.1. The van der Waals surface area contributed by atoms with Crippen molar-refractivity contribution in [3.05, 3.63) is 128 Å². The molecule has 4 rings (SSSR count). The van der Waals surface area contributed by atoms with Crippen molar-refractivity contribution in [1.82, 2.24) is 0 Å². The summed E-state index contributed by atoms with van der Waals surface area (Å²) in [6.45, 7) is 6.46. The van der Waals surface area contributed by atoms with E-state index in [0.717, 1.165) is 6.42 Å². The van der Waals surface area contributed by atoms with Gasteiger partial charge >= 0.3 is 0 Å². The molecule has 0 unspecified atom stereocenters. The Morgan fingerprint density at radius 2 is 1.26 bits per heavy atom. The van der Waals surface area contributed by atoms with Crippen LogP contribution < -0.4 is 0 Å². The van der Waals surface area contributed by atoms with Gasteiger partial charge in [0.15, 0.2) is 0 Å². The Morgan fingerprint density at radius 3 is 1.77 bits per heavy atom. The van der Waals surface area contributed by atoms with Crippen molar-refractivity contribution < 1.29 is 0 Å². The molecule has 0 saturated heterocycles. The first-order valence-corrected chi connectivity index (χ1v) is 11.7. The van der Waals surface area contributed by atoms with Gasteiger partial charge < -0.3 is 0 Å². The van der Waals surface area contributed by atoms with Crippen LogP contribution in [0.1, 0.15) is 50.7 Å². The molecule has 0 N–H and O–H groups in total. The maximum absolute atomic E-state index is 2.29. The van der Waals surface area contributed by atoms with Crippen LogP contribution in [0.4, 0.5) is 0 Å². The second-order valence-electron chi connectivity index (χ2n) is 8.00. The fourth-order valence-electron chi connectivity index (χ4n) is 3.52. The lowest BCUT2D eigenvalue weighted by molar-refractivity contribution is 1.15. The Kier molecular flexibility index (Phi) is 6.64. The summed E-state index contributed by atoms with van der Waals surface area (Å²) in [6, 6.07) is 28.6. The molecule has 0 fully saturated rings. The van der Waals surface area contributed by atoms with E-state index in [0.29, 0.717) is 0 Å². The molecule has 0 aliphatic carbocycles. The Bertz CT molecular complexity index is 1140. The van der Waals surface area contributed by atoms with Gasteiger partial charge in [-0.05, 0) is 77.3 Å². The van der Waals surface area contributed by atoms with E-state index in [1.54, 1.807) is 11.3 Å². The van der Waals surface area contributed by atoms with E-state index in [-0.39, 0.29) is 0 Å². The number of benzene rings is 3. The van der Waals surface area contributed by atoms with E-state index in [4.69, 9.17) is 0 Å². The number of hydrogen-bond acceptors (Lipinski definition) is 1. The molecule has 0 saturated carbocycles. The Labute approximate surface area is 190 Å². The lowest BCUT2D eigenvalue weighted by atomic mass is 9.94. The van der Waals surface area contributed by atoms with Gasteiger partial charge in [-0.1, -0.05) is 96.9 Å². The van der Waals surface area contributed by atoms with E-state index < -0.39 is 0 Å². The molecule has 4 aromatic rings. The van der Waals surface area contributed by atoms with Crippen LogP contribution in [0.5, 0.6) is 0 Å². The van der Waals surface area contributed by atoms with Crippen molar-refractivity contribution in [3.63, 3.8) is 0 Å². The maximum Gasteiger partial charge on any atom is 0.0273 e. The number of rotatable bonds is 6. The van der Waals surface area contributed by atoms with Crippen LogP contribution in [-0.2, 0) is 6.42 Å². The summed E-state index contributed by atoms with van der Waals surface area (Å²) in [7, 11) is 0. The molecule has 154 valence electrons. The standard InChI is InChI=1S/C30H28S/c1-4-24-19-29(31-21-24)18-13-25-9-11-26(12-10-25)20-30(27-14-5-22(2)6-15-27)28-16-7-23(3)8-17-28/h5-21H,4H2,1-3H3. The number of hydrogen-bond donors (Lipinski definition) is 0. The third-order valence-corrected chi connectivity index (χ3v) is 6.44. The molecule has 0 spiro atoms. The van der Waals surface area contributed by atoms with Gasteiger partial charge in [0, 0.05) is 4.88 Å². The molecule has 0 nitrogen and oxygen atoms in total. The highest BCUT2D eigenvalue weighted by Crippen LogP contribution is 2.27. The monoisotopic (exact) mass is 420 g/mol. The van der Waals surface area contributed by atoms with Gasteiger partial charge in [0.2, 0.25) is 0 Å². The number of aryl methyl sites for hydroxylation is 3. The van der Waals surface area contributed by atoms with Crippen molar-refractivity contribution in [3.8, 4) is 0 Å². The molecule has 0 atom stereocenters. The predicted molar refractivity (Wildman–Crippen MR) is 138 cm³/mol. The van der Waals surface area contributed by atoms with Gasteiger partial charge in [0.05, 0.1) is 0 Å². The van der Waals surface area contributed by atoms with Crippen LogP contribution in [0.15, 0.2) is 84.2 Å². The first-order valence-electron chi connectivity index (χ1n) is 10.8. The quantitative estimate of drug-likeness (QED) is 0.274. The topological polar surface area (TPSA) is 0 Å². The second-order valence-corrected chi connectivity index (χ2v) is 8.94. The van der Waals surface area contributed by atoms with Crippen molar-refractivity contribution in [2.75, 3.05) is 0 Å². The number of thiophene rings is 1. The smallest absolute Gasteiger partial charge is 0.0273 e. The average Bonchev–Trinajstić information content (AvgIpc) is 3.26. The van der Waals surface area contributed by atoms with Crippen LogP contribution in [0.2, 0.25) is 0 Å². The predicted octanol–water partition coefficient (Wildman–Crippen LogP) is 8.69. The molecule has 1 aromatic heterocycles. The molecule has 1 heteroatoms. The van der Waals surface area contributed by atoms with Gasteiger partial charge in [-0.15, -0.1) is 11.3 Å². The molecule has 1 heterocycles. The fourth-order valence-corrected chi connectivity index (χ4v) is 4.40. The van der Waals surface area contributed by atoms with Gasteiger partial charge in [-0.2, -0.15) is 0 Å². The highest BCUT2D eigenvalue weighted by atomic mass is 32.1. The first-order chi connectivity index (χ1) is 15.1. The zero-order valence-corrected chi connectivity index (χ0v) is 19.2. The Balaban J connectivity index is 1.62. The maximum atomic E-state index is 2.29. The van der Waals surface area contributed by atoms with E-state index in [2.05, 4.69) is 123 Å². The van der Waals surface area contributed by atoms with Crippen LogP contribution >= 0.6 is 11.3 Å². The Morgan fingerprint density at radius 1 is 0.710 bits per heavy atom. The van der Waals surface area contributed by atoms with E-state index in [9.17, 15) is 0 Å². The summed E-state index contributed by atoms with van der Waals surface area (Å²) < 4.78 is 0. The minimum Gasteiger partial charge on any atom is -0.144 e. The van der Waals surface area contributed by atoms with Gasteiger partial charge in [-0.25, -0.2) is 0 Å². The molecule has 0 aliphatic rings. The minimum atomic E-state index is 1.09. The summed E-state index contributed by atoms with van der Waals surface area (Å²) in [5, 5.41) is 2.24. The van der Waals surface area contributed by atoms with Crippen molar-refractivity contribution >= 4 is 35.1 Å². The van der Waals surface area contributed by atoms with Gasteiger partial charge in [-0.3, -0.25) is 0 Å². The fraction of sp³-hybridized carbons (Fsp3) is 0.133. The van der Waals surface area contributed by atoms with Crippen LogP contribution in [0, 0.1) is 13.8 Å². The molecule has 0 radical (unpaired) electrons. The molecular formula is C30H28S. The van der Waals surface area contributed by atoms with Crippen LogP contribution in [0.3, 0.4) is 0 Å². The summed E-state index contributed by atoms with van der Waals surface area (Å²) >= 11 is 1.81. The highest BCUT2D eigenvalue weighted by molar-refractivity contribution is 7.11. The highest BCUT2D eigenvalue weighted by Gasteiger charge is 2.06. The molecule has 0 bridgehead atoms. The van der Waals surface area contributed by atoms with Crippen molar-refractivity contribution in [1.29, 1.82) is 0 Å². The lowest BCUT2D eigenvalue weighted by Crippen LogP contribution is -1.89. The van der Waals surface area contributed by atoms with Crippen LogP contribution in [-0.4, -0.2) is 0 Å². The van der Waals surface area contributed by atoms with Crippen molar-refractivity contribution in [2.24, 2.45) is 0 Å². The molecule has 3 aromatic carbocycles. The largest absolute Gasteiger partial charge is 0.144 e. The molecule has 31 heavy (non-hydrogen) atoms. The van der Waals surface area contributed by atoms with Gasteiger partial charge in [0.1, 0.15) is 0 Å². The van der Waals surface area contributed by atoms with Crippen LogP contribution in [0.25, 0.3) is 23.8 Å². The third-order valence-electron chi connectivity index (χ3n) is 5.49. The molecular weight excluding hydrogens is 392 g/mol. The lowest BCUT2D eigenvalue weighted by Gasteiger charge is -2.10. The summed E-state index contributed by atoms with van der Waals surface area (Å²) in [6.07, 6.45) is 7.78. The van der Waals surface area contributed by atoms with E-state index in [1.165, 1.54) is 49.4 Å². The summed E-state index contributed by atoms with van der Waals surface area (Å²) in [4.78, 5) is 1.31. The van der Waals surface area contributed by atoms with E-state index >= 15 is 0 Å². The zero-order chi connectivity index (χ0) is 21.6. The zero-order valence-electron chi connectivity index (χ0n) is 18.4. The van der Waals surface area contributed by atoms with Gasteiger partial charge in [0.25, 0.3) is 0 Å². The minimum absolute atomic E-state index is 1.09. The van der Waals surface area contributed by atoms with Crippen molar-refractivity contribution in [2.45, 2.75) is 27.2 Å². The van der Waals surface area contributed by atoms with E-state index in [1.807, 2.05) is 0 Å². The summed E-state index contributed by atoms with van der Waals surface area (Å²) in [5.74, 6) is 0. The normalized spacial score (nSPS) is 11.1. The Hall–Kier alpha value is -3.16. The molecule has 0 aliphatic heterocycles. The average molecular weight is 421 g/mol.